The third-order valence-corrected chi connectivity index (χ3v) is 3.63. The highest BCUT2D eigenvalue weighted by molar-refractivity contribution is 6.33. The van der Waals surface area contributed by atoms with Gasteiger partial charge >= 0.3 is 5.97 Å². The van der Waals surface area contributed by atoms with Crippen molar-refractivity contribution < 1.29 is 14.7 Å². The van der Waals surface area contributed by atoms with Crippen LogP contribution >= 0.6 is 11.6 Å². The van der Waals surface area contributed by atoms with Gasteiger partial charge in [0, 0.05) is 18.9 Å². The molecule has 6 heteroatoms. The Morgan fingerprint density at radius 2 is 2.16 bits per heavy atom. The molecular weight excluding hydrogens is 268 g/mol. The summed E-state index contributed by atoms with van der Waals surface area (Å²) in [6, 6.07) is 0.758. The standard InChI is InChI=1S/C13H15ClN2O3/c14-10-5-6-15-8-9(10)12(17)16-7-3-1-2-4-11(16)13(18)19/h5-6,8,11H,1-4,7H2,(H,18,19). The number of carboxylic acids is 1. The Bertz CT molecular complexity index is 493. The van der Waals surface area contributed by atoms with Crippen molar-refractivity contribution in [3.8, 4) is 0 Å². The second-order valence-electron chi connectivity index (χ2n) is 4.56. The first-order valence-corrected chi connectivity index (χ1v) is 6.62. The van der Waals surface area contributed by atoms with Crippen LogP contribution in [0.1, 0.15) is 36.0 Å². The maximum Gasteiger partial charge on any atom is 0.326 e. The molecule has 1 unspecified atom stereocenters. The number of carboxylic acid groups (broad SMARTS) is 1. The summed E-state index contributed by atoms with van der Waals surface area (Å²) in [7, 11) is 0. The Morgan fingerprint density at radius 1 is 1.37 bits per heavy atom. The molecule has 0 bridgehead atoms. The number of hydrogen-bond donors (Lipinski definition) is 1. The Balaban J connectivity index is 2.29. The SMILES string of the molecule is O=C(O)C1CCCCCN1C(=O)c1cnccc1Cl. The zero-order chi connectivity index (χ0) is 13.8. The van der Waals surface area contributed by atoms with E-state index in [9.17, 15) is 14.7 Å². The number of aliphatic carboxylic acids is 1. The van der Waals surface area contributed by atoms with Gasteiger partial charge in [-0.15, -0.1) is 0 Å². The zero-order valence-electron chi connectivity index (χ0n) is 10.4. The summed E-state index contributed by atoms with van der Waals surface area (Å²) in [5.74, 6) is -1.32. The lowest BCUT2D eigenvalue weighted by Gasteiger charge is -2.27. The van der Waals surface area contributed by atoms with Gasteiger partial charge in [0.1, 0.15) is 6.04 Å². The van der Waals surface area contributed by atoms with Gasteiger partial charge in [-0.3, -0.25) is 9.78 Å². The molecule has 5 nitrogen and oxygen atoms in total. The van der Waals surface area contributed by atoms with Crippen LogP contribution in [0.2, 0.25) is 5.02 Å². The molecule has 2 rings (SSSR count). The molecule has 0 saturated carbocycles. The number of pyridine rings is 1. The van der Waals surface area contributed by atoms with Gasteiger partial charge in [0.05, 0.1) is 10.6 Å². The summed E-state index contributed by atoms with van der Waals surface area (Å²) in [5, 5.41) is 9.56. The Hall–Kier alpha value is -1.62. The minimum absolute atomic E-state index is 0.261. The fourth-order valence-corrected chi connectivity index (χ4v) is 2.48. The highest BCUT2D eigenvalue weighted by Crippen LogP contribution is 2.22. The summed E-state index contributed by atoms with van der Waals surface area (Å²) >= 11 is 5.97. The fraction of sp³-hybridized carbons (Fsp3) is 0.462. The monoisotopic (exact) mass is 282 g/mol. The van der Waals surface area contributed by atoms with Gasteiger partial charge in [-0.05, 0) is 18.9 Å². The van der Waals surface area contributed by atoms with Crippen molar-refractivity contribution in [2.75, 3.05) is 6.54 Å². The molecule has 0 aromatic carbocycles. The third-order valence-electron chi connectivity index (χ3n) is 3.30. The number of carbonyl (C=O) groups excluding carboxylic acids is 1. The van der Waals surface area contributed by atoms with Crippen LogP contribution in [-0.2, 0) is 4.79 Å². The Labute approximate surface area is 116 Å². The molecule has 0 aliphatic carbocycles. The molecule has 102 valence electrons. The second kappa shape index (κ2) is 6.02. The van der Waals surface area contributed by atoms with Crippen LogP contribution in [0.15, 0.2) is 18.5 Å². The maximum absolute atomic E-state index is 12.4. The number of amides is 1. The van der Waals surface area contributed by atoms with E-state index in [2.05, 4.69) is 4.98 Å². The van der Waals surface area contributed by atoms with Crippen LogP contribution in [0.25, 0.3) is 0 Å². The molecule has 0 spiro atoms. The van der Waals surface area contributed by atoms with E-state index < -0.39 is 12.0 Å². The minimum atomic E-state index is -0.963. The molecule has 1 aliphatic heterocycles. The predicted molar refractivity (Wildman–Crippen MR) is 70.2 cm³/mol. The van der Waals surface area contributed by atoms with Crippen molar-refractivity contribution in [1.82, 2.24) is 9.88 Å². The number of hydrogen-bond acceptors (Lipinski definition) is 3. The molecule has 1 aliphatic rings. The molecule has 2 heterocycles. The molecule has 1 amide bonds. The van der Waals surface area contributed by atoms with Crippen molar-refractivity contribution in [3.63, 3.8) is 0 Å². The largest absolute Gasteiger partial charge is 0.480 e. The van der Waals surface area contributed by atoms with Crippen LogP contribution in [0.5, 0.6) is 0 Å². The van der Waals surface area contributed by atoms with Gasteiger partial charge < -0.3 is 10.0 Å². The van der Waals surface area contributed by atoms with E-state index in [-0.39, 0.29) is 11.5 Å². The fourth-order valence-electron chi connectivity index (χ4n) is 2.30. The molecule has 1 aromatic rings. The lowest BCUT2D eigenvalue weighted by Crippen LogP contribution is -2.44. The van der Waals surface area contributed by atoms with E-state index in [1.165, 1.54) is 23.4 Å². The van der Waals surface area contributed by atoms with Crippen LogP contribution < -0.4 is 0 Å². The topological polar surface area (TPSA) is 70.5 Å². The molecule has 0 radical (unpaired) electrons. The molecule has 1 N–H and O–H groups in total. The predicted octanol–water partition coefficient (Wildman–Crippen LogP) is 2.20. The number of likely N-dealkylation sites (tertiary alicyclic amines) is 1. The first-order chi connectivity index (χ1) is 9.11. The average molecular weight is 283 g/mol. The molecule has 1 saturated heterocycles. The highest BCUT2D eigenvalue weighted by atomic mass is 35.5. The van der Waals surface area contributed by atoms with Crippen LogP contribution in [0.4, 0.5) is 0 Å². The van der Waals surface area contributed by atoms with Crippen molar-refractivity contribution in [1.29, 1.82) is 0 Å². The third kappa shape index (κ3) is 3.04. The van der Waals surface area contributed by atoms with Gasteiger partial charge in [-0.1, -0.05) is 24.4 Å². The molecule has 1 atom stereocenters. The number of aromatic nitrogens is 1. The normalized spacial score (nSPS) is 19.8. The van der Waals surface area contributed by atoms with Gasteiger partial charge in [0.15, 0.2) is 0 Å². The molecule has 1 fully saturated rings. The maximum atomic E-state index is 12.4. The lowest BCUT2D eigenvalue weighted by molar-refractivity contribution is -0.142. The number of nitrogens with zero attached hydrogens (tertiary/aromatic N) is 2. The summed E-state index contributed by atoms with van der Waals surface area (Å²) < 4.78 is 0. The van der Waals surface area contributed by atoms with E-state index in [0.29, 0.717) is 18.0 Å². The van der Waals surface area contributed by atoms with Crippen LogP contribution in [0, 0.1) is 0 Å². The van der Waals surface area contributed by atoms with E-state index >= 15 is 0 Å². The quantitative estimate of drug-likeness (QED) is 0.903. The van der Waals surface area contributed by atoms with Crippen molar-refractivity contribution >= 4 is 23.5 Å². The van der Waals surface area contributed by atoms with Crippen molar-refractivity contribution in [2.45, 2.75) is 31.7 Å². The lowest BCUT2D eigenvalue weighted by atomic mass is 10.1. The molecule has 19 heavy (non-hydrogen) atoms. The first kappa shape index (κ1) is 13.8. The highest BCUT2D eigenvalue weighted by Gasteiger charge is 2.32. The first-order valence-electron chi connectivity index (χ1n) is 6.24. The van der Waals surface area contributed by atoms with Gasteiger partial charge in [0.25, 0.3) is 5.91 Å². The number of rotatable bonds is 2. The van der Waals surface area contributed by atoms with E-state index in [4.69, 9.17) is 11.6 Å². The molecular formula is C13H15ClN2O3. The van der Waals surface area contributed by atoms with E-state index in [1.807, 2.05) is 0 Å². The smallest absolute Gasteiger partial charge is 0.326 e. The van der Waals surface area contributed by atoms with Gasteiger partial charge in [-0.2, -0.15) is 0 Å². The summed E-state index contributed by atoms with van der Waals surface area (Å²) in [6.45, 7) is 0.445. The van der Waals surface area contributed by atoms with E-state index in [1.54, 1.807) is 0 Å². The van der Waals surface area contributed by atoms with Crippen LogP contribution in [0.3, 0.4) is 0 Å². The summed E-state index contributed by atoms with van der Waals surface area (Å²) in [4.78, 5) is 29.0. The second-order valence-corrected chi connectivity index (χ2v) is 4.96. The number of halogens is 1. The van der Waals surface area contributed by atoms with Crippen LogP contribution in [-0.4, -0.2) is 39.5 Å². The van der Waals surface area contributed by atoms with E-state index in [0.717, 1.165) is 19.3 Å². The molecule has 1 aromatic heterocycles. The Kier molecular flexibility index (Phi) is 4.37. The summed E-state index contributed by atoms with van der Waals surface area (Å²) in [6.07, 6.45) is 5.94. The van der Waals surface area contributed by atoms with Crippen molar-refractivity contribution in [3.05, 3.63) is 29.0 Å². The number of carbonyl (C=O) groups is 2. The Morgan fingerprint density at radius 3 is 2.84 bits per heavy atom. The van der Waals surface area contributed by atoms with Crippen molar-refractivity contribution in [2.24, 2.45) is 0 Å². The minimum Gasteiger partial charge on any atom is -0.480 e. The van der Waals surface area contributed by atoms with Gasteiger partial charge in [-0.25, -0.2) is 4.79 Å². The van der Waals surface area contributed by atoms with Gasteiger partial charge in [0.2, 0.25) is 0 Å². The zero-order valence-corrected chi connectivity index (χ0v) is 11.1. The average Bonchev–Trinajstić information content (AvgIpc) is 2.64. The summed E-state index contributed by atoms with van der Waals surface area (Å²) in [5.41, 5.74) is 0.261.